The number of carbonyl (C=O) groups is 1. The van der Waals surface area contributed by atoms with Crippen LogP contribution in [0.4, 0.5) is 0 Å². The number of carbonyl (C=O) groups excluding carboxylic acids is 1. The van der Waals surface area contributed by atoms with Gasteiger partial charge in [-0.15, -0.1) is 0 Å². The van der Waals surface area contributed by atoms with Gasteiger partial charge in [-0.3, -0.25) is 4.79 Å². The molecular weight excluding hydrogens is 340 g/mol. The van der Waals surface area contributed by atoms with E-state index in [4.69, 9.17) is 16.3 Å². The number of halogens is 1. The number of hydrogen-bond donors (Lipinski definition) is 1. The summed E-state index contributed by atoms with van der Waals surface area (Å²) in [5.74, 6) is 0.186. The fraction of sp³-hybridized carbons (Fsp3) is 0.167. The highest BCUT2D eigenvalue weighted by molar-refractivity contribution is 6.31. The van der Waals surface area contributed by atoms with Crippen LogP contribution in [0.5, 0.6) is 5.75 Å². The molecule has 3 aromatic rings. The van der Waals surface area contributed by atoms with Gasteiger partial charge in [0.2, 0.25) is 0 Å². The van der Waals surface area contributed by atoms with E-state index in [1.54, 1.807) is 30.6 Å². The predicted molar refractivity (Wildman–Crippen MR) is 94.7 cm³/mol. The molecule has 25 heavy (non-hydrogen) atoms. The van der Waals surface area contributed by atoms with Crippen LogP contribution in [0.25, 0.3) is 0 Å². The molecule has 0 spiro atoms. The van der Waals surface area contributed by atoms with Gasteiger partial charge in [0.25, 0.3) is 5.91 Å². The third-order valence-corrected chi connectivity index (χ3v) is 3.96. The zero-order valence-electron chi connectivity index (χ0n) is 13.6. The molecule has 1 atom stereocenters. The van der Waals surface area contributed by atoms with E-state index in [0.717, 1.165) is 5.56 Å². The van der Waals surface area contributed by atoms with Crippen LogP contribution in [-0.2, 0) is 6.54 Å². The van der Waals surface area contributed by atoms with Crippen LogP contribution in [0.15, 0.2) is 60.9 Å². The highest BCUT2D eigenvalue weighted by atomic mass is 35.5. The third-order valence-electron chi connectivity index (χ3n) is 3.73. The lowest BCUT2D eigenvalue weighted by molar-refractivity contribution is 0.0927. The SMILES string of the molecule is COc1ccc(Cl)cc1C(=O)NC(Cn1nccn1)c1ccccc1. The maximum absolute atomic E-state index is 12.8. The lowest BCUT2D eigenvalue weighted by atomic mass is 10.1. The van der Waals surface area contributed by atoms with Gasteiger partial charge in [0.05, 0.1) is 37.7 Å². The summed E-state index contributed by atoms with van der Waals surface area (Å²) in [7, 11) is 1.52. The molecule has 0 aliphatic rings. The molecule has 0 saturated carbocycles. The largest absolute Gasteiger partial charge is 0.496 e. The Labute approximate surface area is 150 Å². The molecule has 2 aromatic carbocycles. The molecule has 0 saturated heterocycles. The van der Waals surface area contributed by atoms with Crippen LogP contribution >= 0.6 is 11.6 Å². The molecule has 0 fully saturated rings. The fourth-order valence-electron chi connectivity index (χ4n) is 2.51. The van der Waals surface area contributed by atoms with Gasteiger partial charge in [-0.25, -0.2) is 0 Å². The lowest BCUT2D eigenvalue weighted by Crippen LogP contribution is -2.32. The summed E-state index contributed by atoms with van der Waals surface area (Å²) in [6.45, 7) is 0.408. The average Bonchev–Trinajstić information content (AvgIpc) is 3.15. The summed E-state index contributed by atoms with van der Waals surface area (Å²) in [6, 6.07) is 14.3. The van der Waals surface area contributed by atoms with E-state index in [1.807, 2.05) is 30.3 Å². The molecule has 0 aliphatic heterocycles. The molecule has 1 unspecified atom stereocenters. The molecule has 1 N–H and O–H groups in total. The molecule has 1 heterocycles. The minimum absolute atomic E-state index is 0.277. The number of aromatic nitrogens is 3. The second kappa shape index (κ2) is 7.81. The Balaban J connectivity index is 1.87. The monoisotopic (exact) mass is 356 g/mol. The van der Waals surface area contributed by atoms with Crippen molar-refractivity contribution in [1.29, 1.82) is 0 Å². The molecule has 0 bridgehead atoms. The van der Waals surface area contributed by atoms with E-state index in [9.17, 15) is 4.79 Å². The molecule has 6 nitrogen and oxygen atoms in total. The quantitative estimate of drug-likeness (QED) is 0.736. The molecule has 0 radical (unpaired) electrons. The fourth-order valence-corrected chi connectivity index (χ4v) is 2.69. The number of hydrogen-bond acceptors (Lipinski definition) is 4. The Kier molecular flexibility index (Phi) is 5.30. The molecule has 3 rings (SSSR count). The van der Waals surface area contributed by atoms with Crippen molar-refractivity contribution in [3.05, 3.63) is 77.1 Å². The van der Waals surface area contributed by atoms with Gasteiger partial charge in [0.15, 0.2) is 0 Å². The van der Waals surface area contributed by atoms with Gasteiger partial charge in [-0.1, -0.05) is 41.9 Å². The first-order valence-corrected chi connectivity index (χ1v) is 8.08. The van der Waals surface area contributed by atoms with Crippen LogP contribution in [-0.4, -0.2) is 28.0 Å². The van der Waals surface area contributed by atoms with E-state index in [0.29, 0.717) is 22.9 Å². The van der Waals surface area contributed by atoms with Crippen LogP contribution in [0.1, 0.15) is 22.0 Å². The van der Waals surface area contributed by atoms with Crippen molar-refractivity contribution in [2.45, 2.75) is 12.6 Å². The van der Waals surface area contributed by atoms with E-state index in [-0.39, 0.29) is 11.9 Å². The molecule has 1 aromatic heterocycles. The number of nitrogens with one attached hydrogen (secondary N) is 1. The number of rotatable bonds is 6. The normalized spacial score (nSPS) is 11.8. The van der Waals surface area contributed by atoms with Crippen molar-refractivity contribution in [2.24, 2.45) is 0 Å². The highest BCUT2D eigenvalue weighted by Gasteiger charge is 2.20. The Bertz CT molecular complexity index is 838. The van der Waals surface area contributed by atoms with Crippen molar-refractivity contribution in [2.75, 3.05) is 7.11 Å². The maximum Gasteiger partial charge on any atom is 0.255 e. The zero-order chi connectivity index (χ0) is 17.6. The summed E-state index contributed by atoms with van der Waals surface area (Å²) in [5, 5.41) is 11.7. The summed E-state index contributed by atoms with van der Waals surface area (Å²) < 4.78 is 5.27. The molecule has 1 amide bonds. The van der Waals surface area contributed by atoms with Gasteiger partial charge in [-0.05, 0) is 23.8 Å². The first-order chi connectivity index (χ1) is 12.2. The van der Waals surface area contributed by atoms with Gasteiger partial charge >= 0.3 is 0 Å². The number of nitrogens with zero attached hydrogens (tertiary/aromatic N) is 3. The topological polar surface area (TPSA) is 69.0 Å². The number of amides is 1. The average molecular weight is 357 g/mol. The highest BCUT2D eigenvalue weighted by Crippen LogP contribution is 2.24. The summed E-state index contributed by atoms with van der Waals surface area (Å²) in [5.41, 5.74) is 1.33. The summed E-state index contributed by atoms with van der Waals surface area (Å²) in [4.78, 5) is 14.3. The maximum atomic E-state index is 12.8. The van der Waals surface area contributed by atoms with E-state index < -0.39 is 0 Å². The van der Waals surface area contributed by atoms with Gasteiger partial charge < -0.3 is 10.1 Å². The van der Waals surface area contributed by atoms with Gasteiger partial charge in [-0.2, -0.15) is 15.0 Å². The molecule has 7 heteroatoms. The summed E-state index contributed by atoms with van der Waals surface area (Å²) >= 11 is 6.03. The van der Waals surface area contributed by atoms with Crippen molar-refractivity contribution >= 4 is 17.5 Å². The Morgan fingerprint density at radius 3 is 2.60 bits per heavy atom. The summed E-state index contributed by atoms with van der Waals surface area (Å²) in [6.07, 6.45) is 3.20. The third kappa shape index (κ3) is 4.16. The number of ether oxygens (including phenoxy) is 1. The van der Waals surface area contributed by atoms with Crippen LogP contribution in [0, 0.1) is 0 Å². The second-order valence-corrected chi connectivity index (χ2v) is 5.80. The minimum atomic E-state index is -0.301. The zero-order valence-corrected chi connectivity index (χ0v) is 14.3. The van der Waals surface area contributed by atoms with Crippen LogP contribution in [0.2, 0.25) is 5.02 Å². The van der Waals surface area contributed by atoms with Crippen molar-refractivity contribution in [3.63, 3.8) is 0 Å². The molecule has 0 aliphatic carbocycles. The van der Waals surface area contributed by atoms with E-state index in [2.05, 4.69) is 15.5 Å². The second-order valence-electron chi connectivity index (χ2n) is 5.37. The molecule has 128 valence electrons. The standard InChI is InChI=1S/C18H17ClN4O2/c1-25-17-8-7-14(19)11-15(17)18(24)22-16(12-23-20-9-10-21-23)13-5-3-2-4-6-13/h2-11,16H,12H2,1H3,(H,22,24). The molecular formula is C18H17ClN4O2. The van der Waals surface area contributed by atoms with E-state index in [1.165, 1.54) is 11.9 Å². The van der Waals surface area contributed by atoms with Gasteiger partial charge in [0, 0.05) is 5.02 Å². The van der Waals surface area contributed by atoms with Crippen LogP contribution in [0.3, 0.4) is 0 Å². The Hall–Kier alpha value is -2.86. The Morgan fingerprint density at radius 1 is 1.20 bits per heavy atom. The predicted octanol–water partition coefficient (Wildman–Crippen LogP) is 3.11. The van der Waals surface area contributed by atoms with Crippen molar-refractivity contribution < 1.29 is 9.53 Å². The Morgan fingerprint density at radius 2 is 1.92 bits per heavy atom. The number of methoxy groups -OCH3 is 1. The number of benzene rings is 2. The van der Waals surface area contributed by atoms with E-state index >= 15 is 0 Å². The van der Waals surface area contributed by atoms with Gasteiger partial charge in [0.1, 0.15) is 5.75 Å². The smallest absolute Gasteiger partial charge is 0.255 e. The van der Waals surface area contributed by atoms with Crippen molar-refractivity contribution in [3.8, 4) is 5.75 Å². The lowest BCUT2D eigenvalue weighted by Gasteiger charge is -2.19. The minimum Gasteiger partial charge on any atom is -0.496 e. The van der Waals surface area contributed by atoms with Crippen molar-refractivity contribution in [1.82, 2.24) is 20.3 Å². The first-order valence-electron chi connectivity index (χ1n) is 7.71. The van der Waals surface area contributed by atoms with Crippen LogP contribution < -0.4 is 10.1 Å². The first kappa shape index (κ1) is 17.0.